The quantitative estimate of drug-likeness (QED) is 0.611. The van der Waals surface area contributed by atoms with Crippen LogP contribution in [-0.2, 0) is 0 Å². The van der Waals surface area contributed by atoms with Crippen LogP contribution < -0.4 is 10.1 Å². The summed E-state index contributed by atoms with van der Waals surface area (Å²) in [6.07, 6.45) is 3.24. The minimum absolute atomic E-state index is 0.0573. The highest BCUT2D eigenvalue weighted by molar-refractivity contribution is 5.87. The number of aromatic hydroxyl groups is 1. The van der Waals surface area contributed by atoms with E-state index >= 15 is 0 Å². The van der Waals surface area contributed by atoms with Gasteiger partial charge in [-0.3, -0.25) is 4.98 Å². The molecule has 0 unspecified atom stereocenters. The number of carboxylic acid groups (broad SMARTS) is 1. The van der Waals surface area contributed by atoms with Crippen LogP contribution >= 0.6 is 0 Å². The molecule has 0 bridgehead atoms. The SMILES string of the molecule is COc1cc(-c2cncc(N[C@H](C)c3ccc(C(=O)O)cc3)n2)ccc1O. The number of ether oxygens (including phenoxy) is 1. The Kier molecular flexibility index (Phi) is 5.21. The van der Waals surface area contributed by atoms with Crippen molar-refractivity contribution < 1.29 is 19.7 Å². The number of carbonyl (C=O) groups is 1. The molecule has 1 heterocycles. The van der Waals surface area contributed by atoms with Gasteiger partial charge >= 0.3 is 5.97 Å². The molecule has 1 aromatic heterocycles. The number of hydrogen-bond donors (Lipinski definition) is 3. The Morgan fingerprint density at radius 1 is 1.15 bits per heavy atom. The first-order chi connectivity index (χ1) is 13.0. The van der Waals surface area contributed by atoms with Gasteiger partial charge in [0, 0.05) is 11.6 Å². The summed E-state index contributed by atoms with van der Waals surface area (Å²) in [5.41, 5.74) is 2.57. The van der Waals surface area contributed by atoms with Gasteiger partial charge in [0.1, 0.15) is 5.82 Å². The molecule has 0 aliphatic heterocycles. The van der Waals surface area contributed by atoms with E-state index in [1.165, 1.54) is 7.11 Å². The average Bonchev–Trinajstić information content (AvgIpc) is 2.68. The molecule has 138 valence electrons. The molecule has 0 spiro atoms. The lowest BCUT2D eigenvalue weighted by Crippen LogP contribution is -2.09. The molecule has 7 nitrogen and oxygen atoms in total. The summed E-state index contributed by atoms with van der Waals surface area (Å²) >= 11 is 0. The summed E-state index contributed by atoms with van der Waals surface area (Å²) in [4.78, 5) is 19.7. The Hall–Kier alpha value is -3.61. The number of methoxy groups -OCH3 is 1. The number of phenolic OH excluding ortho intramolecular Hbond substituents is 1. The molecular weight excluding hydrogens is 346 g/mol. The third-order valence-electron chi connectivity index (χ3n) is 4.13. The Bertz CT molecular complexity index is 958. The summed E-state index contributed by atoms with van der Waals surface area (Å²) in [5.74, 6) is 0.0425. The maximum Gasteiger partial charge on any atom is 0.335 e. The third-order valence-corrected chi connectivity index (χ3v) is 4.13. The predicted octanol–water partition coefficient (Wildman–Crippen LogP) is 3.73. The number of benzene rings is 2. The van der Waals surface area contributed by atoms with Crippen LogP contribution in [0.3, 0.4) is 0 Å². The van der Waals surface area contributed by atoms with Crippen LogP contribution in [-0.4, -0.2) is 33.3 Å². The lowest BCUT2D eigenvalue weighted by Gasteiger charge is -2.15. The molecule has 27 heavy (non-hydrogen) atoms. The minimum atomic E-state index is -0.954. The number of anilines is 1. The Balaban J connectivity index is 1.80. The first-order valence-corrected chi connectivity index (χ1v) is 8.27. The van der Waals surface area contributed by atoms with E-state index in [1.54, 1.807) is 54.9 Å². The maximum atomic E-state index is 11.0. The first kappa shape index (κ1) is 18.2. The van der Waals surface area contributed by atoms with Crippen LogP contribution in [0.15, 0.2) is 54.9 Å². The van der Waals surface area contributed by atoms with Gasteiger partial charge in [0.15, 0.2) is 11.5 Å². The van der Waals surface area contributed by atoms with Gasteiger partial charge in [0.25, 0.3) is 0 Å². The monoisotopic (exact) mass is 365 g/mol. The molecule has 0 saturated carbocycles. The molecule has 3 rings (SSSR count). The lowest BCUT2D eigenvalue weighted by atomic mass is 10.1. The standard InChI is InChI=1S/C20H19N3O4/c1-12(13-3-5-14(6-4-13)20(25)26)22-19-11-21-10-16(23-19)15-7-8-17(24)18(9-15)27-2/h3-12,24H,1-2H3,(H,22,23)(H,25,26)/t12-/m1/s1. The Morgan fingerprint density at radius 2 is 1.89 bits per heavy atom. The van der Waals surface area contributed by atoms with Gasteiger partial charge in [0.05, 0.1) is 30.8 Å². The fourth-order valence-corrected chi connectivity index (χ4v) is 2.63. The van der Waals surface area contributed by atoms with Gasteiger partial charge in [-0.05, 0) is 42.8 Å². The number of carboxylic acids is 1. The number of aromatic carboxylic acids is 1. The minimum Gasteiger partial charge on any atom is -0.504 e. The van der Waals surface area contributed by atoms with Crippen LogP contribution in [0, 0.1) is 0 Å². The number of nitrogens with one attached hydrogen (secondary N) is 1. The fourth-order valence-electron chi connectivity index (χ4n) is 2.63. The highest BCUT2D eigenvalue weighted by Gasteiger charge is 2.11. The van der Waals surface area contributed by atoms with Crippen molar-refractivity contribution in [1.82, 2.24) is 9.97 Å². The Labute approximate surface area is 156 Å². The second kappa shape index (κ2) is 7.74. The smallest absolute Gasteiger partial charge is 0.335 e. The molecular formula is C20H19N3O4. The molecule has 0 fully saturated rings. The molecule has 1 atom stereocenters. The molecule has 0 aliphatic carbocycles. The van der Waals surface area contributed by atoms with Gasteiger partial charge in [-0.2, -0.15) is 0 Å². The summed E-state index contributed by atoms with van der Waals surface area (Å²) in [7, 11) is 1.49. The van der Waals surface area contributed by atoms with Gasteiger partial charge < -0.3 is 20.3 Å². The second-order valence-corrected chi connectivity index (χ2v) is 5.97. The zero-order valence-corrected chi connectivity index (χ0v) is 14.9. The van der Waals surface area contributed by atoms with Crippen LogP contribution in [0.4, 0.5) is 5.82 Å². The van der Waals surface area contributed by atoms with E-state index in [-0.39, 0.29) is 17.4 Å². The summed E-state index contributed by atoms with van der Waals surface area (Å²) < 4.78 is 5.13. The van der Waals surface area contributed by atoms with Crippen molar-refractivity contribution in [3.63, 3.8) is 0 Å². The predicted molar refractivity (Wildman–Crippen MR) is 101 cm³/mol. The van der Waals surface area contributed by atoms with E-state index in [1.807, 2.05) is 6.92 Å². The van der Waals surface area contributed by atoms with E-state index in [0.717, 1.165) is 11.1 Å². The van der Waals surface area contributed by atoms with Crippen LogP contribution in [0.1, 0.15) is 28.9 Å². The fraction of sp³-hybridized carbons (Fsp3) is 0.150. The lowest BCUT2D eigenvalue weighted by molar-refractivity contribution is 0.0697. The number of hydrogen-bond acceptors (Lipinski definition) is 6. The zero-order valence-electron chi connectivity index (χ0n) is 14.9. The molecule has 0 saturated heterocycles. The molecule has 0 amide bonds. The maximum absolute atomic E-state index is 11.0. The van der Waals surface area contributed by atoms with Crippen molar-refractivity contribution in [2.24, 2.45) is 0 Å². The van der Waals surface area contributed by atoms with Crippen molar-refractivity contribution in [3.05, 3.63) is 66.0 Å². The van der Waals surface area contributed by atoms with Crippen LogP contribution in [0.2, 0.25) is 0 Å². The van der Waals surface area contributed by atoms with Gasteiger partial charge in [0.2, 0.25) is 0 Å². The van der Waals surface area contributed by atoms with Crippen molar-refractivity contribution in [2.45, 2.75) is 13.0 Å². The number of phenols is 1. The topological polar surface area (TPSA) is 105 Å². The van der Waals surface area contributed by atoms with Crippen LogP contribution in [0.5, 0.6) is 11.5 Å². The van der Waals surface area contributed by atoms with Gasteiger partial charge in [-0.25, -0.2) is 9.78 Å². The normalized spacial score (nSPS) is 11.6. The Morgan fingerprint density at radius 3 is 2.56 bits per heavy atom. The van der Waals surface area contributed by atoms with Crippen molar-refractivity contribution in [2.75, 3.05) is 12.4 Å². The summed E-state index contributed by atoms with van der Waals surface area (Å²) in [6, 6.07) is 11.6. The van der Waals surface area contributed by atoms with Crippen molar-refractivity contribution in [1.29, 1.82) is 0 Å². The van der Waals surface area contributed by atoms with Gasteiger partial charge in [-0.1, -0.05) is 12.1 Å². The first-order valence-electron chi connectivity index (χ1n) is 8.27. The third kappa shape index (κ3) is 4.14. The molecule has 3 aromatic rings. The average molecular weight is 365 g/mol. The largest absolute Gasteiger partial charge is 0.504 e. The van der Waals surface area contributed by atoms with Gasteiger partial charge in [-0.15, -0.1) is 0 Å². The highest BCUT2D eigenvalue weighted by atomic mass is 16.5. The van der Waals surface area contributed by atoms with E-state index in [4.69, 9.17) is 9.84 Å². The highest BCUT2D eigenvalue weighted by Crippen LogP contribution is 2.31. The number of aromatic nitrogens is 2. The number of nitrogens with zero attached hydrogens (tertiary/aromatic N) is 2. The van der Waals surface area contributed by atoms with E-state index in [9.17, 15) is 9.90 Å². The summed E-state index contributed by atoms with van der Waals surface area (Å²) in [5, 5.41) is 22.0. The van der Waals surface area contributed by atoms with E-state index < -0.39 is 5.97 Å². The summed E-state index contributed by atoms with van der Waals surface area (Å²) in [6.45, 7) is 1.95. The van der Waals surface area contributed by atoms with Crippen molar-refractivity contribution >= 4 is 11.8 Å². The van der Waals surface area contributed by atoms with Crippen LogP contribution in [0.25, 0.3) is 11.3 Å². The number of rotatable bonds is 6. The van der Waals surface area contributed by atoms with Crippen molar-refractivity contribution in [3.8, 4) is 22.8 Å². The van der Waals surface area contributed by atoms with E-state index in [2.05, 4.69) is 15.3 Å². The van der Waals surface area contributed by atoms with E-state index in [0.29, 0.717) is 17.3 Å². The molecule has 2 aromatic carbocycles. The molecule has 0 aliphatic rings. The molecule has 0 radical (unpaired) electrons. The molecule has 3 N–H and O–H groups in total. The molecule has 7 heteroatoms. The second-order valence-electron chi connectivity index (χ2n) is 5.97. The zero-order chi connectivity index (χ0) is 19.4.